The van der Waals surface area contributed by atoms with E-state index in [1.54, 1.807) is 0 Å². The van der Waals surface area contributed by atoms with Gasteiger partial charge in [-0.05, 0) is 31.9 Å². The Labute approximate surface area is 128 Å². The number of amides is 2. The van der Waals surface area contributed by atoms with Gasteiger partial charge < -0.3 is 5.32 Å². The summed E-state index contributed by atoms with van der Waals surface area (Å²) in [5.41, 5.74) is 2.06. The molecule has 0 bridgehead atoms. The summed E-state index contributed by atoms with van der Waals surface area (Å²) in [4.78, 5) is 26.0. The number of allylic oxidation sites excluding steroid dienone is 2. The summed E-state index contributed by atoms with van der Waals surface area (Å²) in [6.45, 7) is 2.23. The molecule has 1 fully saturated rings. The van der Waals surface area contributed by atoms with E-state index in [0.29, 0.717) is 17.9 Å². The lowest BCUT2D eigenvalue weighted by molar-refractivity contribution is -0.139. The summed E-state index contributed by atoms with van der Waals surface area (Å²) in [7, 11) is 0. The van der Waals surface area contributed by atoms with Crippen LogP contribution in [0.3, 0.4) is 0 Å². The molecule has 1 N–H and O–H groups in total. The van der Waals surface area contributed by atoms with E-state index in [4.69, 9.17) is 11.6 Å². The van der Waals surface area contributed by atoms with Gasteiger partial charge in [-0.2, -0.15) is 0 Å². The number of carbonyl (C=O) groups excluding carboxylic acids is 2. The molecule has 0 radical (unpaired) electrons. The van der Waals surface area contributed by atoms with Crippen molar-refractivity contribution in [2.45, 2.75) is 19.8 Å². The summed E-state index contributed by atoms with van der Waals surface area (Å²) >= 11 is 6.00. The maximum absolute atomic E-state index is 12.4. The summed E-state index contributed by atoms with van der Waals surface area (Å²) in [6.07, 6.45) is 2.90. The molecule has 0 unspecified atom stereocenters. The fourth-order valence-electron chi connectivity index (χ4n) is 2.89. The van der Waals surface area contributed by atoms with Gasteiger partial charge in [0.25, 0.3) is 0 Å². The van der Waals surface area contributed by atoms with Crippen LogP contribution in [-0.2, 0) is 9.59 Å². The van der Waals surface area contributed by atoms with Crippen molar-refractivity contribution < 1.29 is 9.59 Å². The standard InChI is InChI=1S/C16H17ClN2O2/c1-10-2-5-12(6-3-10)18-9-19-15(20)13-7-4-11(17)8-14(13)16(19)21/h2-6,13-14,18H,7-9H2,1H3/t13-,14-/m0/s1. The Morgan fingerprint density at radius 2 is 1.86 bits per heavy atom. The highest BCUT2D eigenvalue weighted by atomic mass is 35.5. The molecule has 2 aliphatic rings. The van der Waals surface area contributed by atoms with Gasteiger partial charge in [0.2, 0.25) is 11.8 Å². The van der Waals surface area contributed by atoms with Gasteiger partial charge in [-0.25, -0.2) is 0 Å². The van der Waals surface area contributed by atoms with E-state index in [9.17, 15) is 9.59 Å². The van der Waals surface area contributed by atoms with Crippen molar-refractivity contribution in [1.29, 1.82) is 0 Å². The molecule has 21 heavy (non-hydrogen) atoms. The number of carbonyl (C=O) groups is 2. The van der Waals surface area contributed by atoms with Crippen LogP contribution in [0.4, 0.5) is 5.69 Å². The van der Waals surface area contributed by atoms with E-state index in [2.05, 4.69) is 5.32 Å². The van der Waals surface area contributed by atoms with Gasteiger partial charge in [0.1, 0.15) is 0 Å². The minimum atomic E-state index is -0.283. The SMILES string of the molecule is Cc1ccc(NCN2C(=O)[C@H]3CC=C(Cl)C[C@@H]3C2=O)cc1. The zero-order chi connectivity index (χ0) is 15.0. The summed E-state index contributed by atoms with van der Waals surface area (Å²) < 4.78 is 0. The van der Waals surface area contributed by atoms with Crippen LogP contribution in [0, 0.1) is 18.8 Å². The van der Waals surface area contributed by atoms with Crippen molar-refractivity contribution >= 4 is 29.1 Å². The number of halogens is 1. The number of imide groups is 1. The molecule has 4 nitrogen and oxygen atoms in total. The molecule has 5 heteroatoms. The minimum absolute atomic E-state index is 0.0926. The Morgan fingerprint density at radius 1 is 1.19 bits per heavy atom. The topological polar surface area (TPSA) is 49.4 Å². The van der Waals surface area contributed by atoms with Crippen LogP contribution >= 0.6 is 11.6 Å². The Morgan fingerprint density at radius 3 is 2.57 bits per heavy atom. The average molecular weight is 305 g/mol. The van der Waals surface area contributed by atoms with E-state index >= 15 is 0 Å². The second kappa shape index (κ2) is 5.53. The smallest absolute Gasteiger partial charge is 0.234 e. The summed E-state index contributed by atoms with van der Waals surface area (Å²) in [6, 6.07) is 7.84. The van der Waals surface area contributed by atoms with Crippen molar-refractivity contribution in [2.24, 2.45) is 11.8 Å². The van der Waals surface area contributed by atoms with Gasteiger partial charge in [-0.15, -0.1) is 0 Å². The van der Waals surface area contributed by atoms with Gasteiger partial charge >= 0.3 is 0 Å². The van der Waals surface area contributed by atoms with Crippen LogP contribution in [0.1, 0.15) is 18.4 Å². The predicted molar refractivity (Wildman–Crippen MR) is 81.7 cm³/mol. The molecule has 0 aromatic heterocycles. The van der Waals surface area contributed by atoms with Crippen LogP contribution in [0.5, 0.6) is 0 Å². The van der Waals surface area contributed by atoms with Crippen molar-refractivity contribution in [1.82, 2.24) is 4.90 Å². The molecule has 1 saturated heterocycles. The normalized spacial score (nSPS) is 24.9. The summed E-state index contributed by atoms with van der Waals surface area (Å²) in [5, 5.41) is 3.82. The lowest BCUT2D eigenvalue weighted by Crippen LogP contribution is -2.35. The third-order valence-corrected chi connectivity index (χ3v) is 4.46. The van der Waals surface area contributed by atoms with E-state index in [1.807, 2.05) is 37.3 Å². The first kappa shape index (κ1) is 14.1. The lowest BCUT2D eigenvalue weighted by Gasteiger charge is -2.17. The second-order valence-corrected chi connectivity index (χ2v) is 6.09. The van der Waals surface area contributed by atoms with Crippen molar-refractivity contribution in [3.63, 3.8) is 0 Å². The first-order valence-corrected chi connectivity index (χ1v) is 7.44. The monoisotopic (exact) mass is 304 g/mol. The molecule has 110 valence electrons. The molecular formula is C16H17ClN2O2. The lowest BCUT2D eigenvalue weighted by atomic mass is 9.85. The fourth-order valence-corrected chi connectivity index (χ4v) is 3.15. The molecule has 1 heterocycles. The van der Waals surface area contributed by atoms with Gasteiger partial charge in [0.05, 0.1) is 18.5 Å². The molecule has 2 amide bonds. The number of rotatable bonds is 3. The zero-order valence-electron chi connectivity index (χ0n) is 11.8. The molecule has 1 aromatic rings. The number of hydrogen-bond donors (Lipinski definition) is 1. The highest BCUT2D eigenvalue weighted by Gasteiger charge is 2.48. The van der Waals surface area contributed by atoms with Crippen molar-refractivity contribution in [3.05, 3.63) is 40.9 Å². The Balaban J connectivity index is 1.68. The number of aryl methyl sites for hydroxylation is 1. The van der Waals surface area contributed by atoms with Crippen LogP contribution in [-0.4, -0.2) is 23.4 Å². The minimum Gasteiger partial charge on any atom is -0.367 e. The average Bonchev–Trinajstić information content (AvgIpc) is 2.70. The van der Waals surface area contributed by atoms with Gasteiger partial charge in [0.15, 0.2) is 0 Å². The molecular weight excluding hydrogens is 288 g/mol. The number of anilines is 1. The van der Waals surface area contributed by atoms with E-state index in [-0.39, 0.29) is 30.3 Å². The van der Waals surface area contributed by atoms with Gasteiger partial charge in [0, 0.05) is 10.7 Å². The number of fused-ring (bicyclic) bond motifs is 1. The molecule has 0 saturated carbocycles. The molecule has 3 rings (SSSR count). The largest absolute Gasteiger partial charge is 0.367 e. The number of nitrogens with one attached hydrogen (secondary N) is 1. The third kappa shape index (κ3) is 2.68. The summed E-state index contributed by atoms with van der Waals surface area (Å²) in [5.74, 6) is -0.726. The van der Waals surface area contributed by atoms with Gasteiger partial charge in [-0.3, -0.25) is 14.5 Å². The first-order valence-electron chi connectivity index (χ1n) is 7.06. The molecule has 2 atom stereocenters. The quantitative estimate of drug-likeness (QED) is 0.874. The second-order valence-electron chi connectivity index (χ2n) is 5.61. The molecule has 0 spiro atoms. The molecule has 1 aromatic carbocycles. The van der Waals surface area contributed by atoms with E-state index < -0.39 is 0 Å². The van der Waals surface area contributed by atoms with Crippen LogP contribution in [0.15, 0.2) is 35.4 Å². The fraction of sp³-hybridized carbons (Fsp3) is 0.375. The number of nitrogens with zero attached hydrogens (tertiary/aromatic N) is 1. The highest BCUT2D eigenvalue weighted by Crippen LogP contribution is 2.38. The van der Waals surface area contributed by atoms with Crippen molar-refractivity contribution in [3.8, 4) is 0 Å². The molecule has 1 aliphatic carbocycles. The maximum atomic E-state index is 12.4. The maximum Gasteiger partial charge on any atom is 0.234 e. The van der Waals surface area contributed by atoms with Crippen LogP contribution in [0.2, 0.25) is 0 Å². The number of benzene rings is 1. The third-order valence-electron chi connectivity index (χ3n) is 4.15. The van der Waals surface area contributed by atoms with Crippen LogP contribution in [0.25, 0.3) is 0 Å². The van der Waals surface area contributed by atoms with E-state index in [1.165, 1.54) is 10.5 Å². The van der Waals surface area contributed by atoms with Crippen molar-refractivity contribution in [2.75, 3.05) is 12.0 Å². The predicted octanol–water partition coefficient (Wildman–Crippen LogP) is 2.88. The van der Waals surface area contributed by atoms with E-state index in [0.717, 1.165) is 5.69 Å². The Kier molecular flexibility index (Phi) is 3.72. The Hall–Kier alpha value is -1.81. The zero-order valence-corrected chi connectivity index (χ0v) is 12.6. The Bertz CT molecular complexity index is 609. The van der Waals surface area contributed by atoms with Gasteiger partial charge in [-0.1, -0.05) is 35.4 Å². The number of likely N-dealkylation sites (tertiary alicyclic amines) is 1. The molecule has 1 aliphatic heterocycles. The van der Waals surface area contributed by atoms with Crippen LogP contribution < -0.4 is 5.32 Å². The number of hydrogen-bond acceptors (Lipinski definition) is 3. The first-order chi connectivity index (χ1) is 10.1. The highest BCUT2D eigenvalue weighted by molar-refractivity contribution is 6.30.